The molecule has 0 aliphatic heterocycles. The Bertz CT molecular complexity index is 754. The number of hydrogen-bond donors (Lipinski definition) is 1. The van der Waals surface area contributed by atoms with Gasteiger partial charge in [-0.15, -0.1) is 0 Å². The van der Waals surface area contributed by atoms with Crippen LogP contribution in [-0.2, 0) is 28.6 Å². The number of unbranched alkanes of at least 4 members (excludes halogenated alkanes) is 1. The molecule has 0 amide bonds. The van der Waals surface area contributed by atoms with Crippen LogP contribution < -0.4 is 0 Å². The average Bonchev–Trinajstić information content (AvgIpc) is 2.92. The minimum absolute atomic E-state index is 0.0465. The molecule has 7 nitrogen and oxygen atoms in total. The number of aliphatic hydroxyl groups is 1. The fraction of sp³-hybridized carbons (Fsp3) is 0.414. The Morgan fingerprint density at radius 3 is 1.89 bits per heavy atom. The zero-order valence-corrected chi connectivity index (χ0v) is 22.4. The molecule has 0 radical (unpaired) electrons. The lowest BCUT2D eigenvalue weighted by Gasteiger charge is -2.13. The molecule has 0 aliphatic rings. The molecule has 0 spiro atoms. The van der Waals surface area contributed by atoms with E-state index < -0.39 is 5.97 Å². The minimum Gasteiger partial charge on any atom is -0.466 e. The molecule has 1 aromatic rings. The number of ether oxygens (including phenoxy) is 3. The molecule has 1 atom stereocenters. The highest BCUT2D eigenvalue weighted by atomic mass is 16.5. The van der Waals surface area contributed by atoms with Crippen LogP contribution in [0.2, 0.25) is 0 Å². The Morgan fingerprint density at radius 1 is 1.00 bits per heavy atom. The van der Waals surface area contributed by atoms with Crippen molar-refractivity contribution in [2.75, 3.05) is 26.9 Å². The van der Waals surface area contributed by atoms with E-state index in [0.29, 0.717) is 18.1 Å². The maximum Gasteiger partial charge on any atom is 0.332 e. The van der Waals surface area contributed by atoms with E-state index in [-0.39, 0.29) is 25.2 Å². The molecule has 0 saturated carbocycles. The van der Waals surface area contributed by atoms with Crippen molar-refractivity contribution in [2.24, 2.45) is 5.92 Å². The zero-order valence-electron chi connectivity index (χ0n) is 22.4. The van der Waals surface area contributed by atoms with Crippen molar-refractivity contribution in [1.29, 1.82) is 0 Å². The van der Waals surface area contributed by atoms with Gasteiger partial charge < -0.3 is 19.3 Å². The largest absolute Gasteiger partial charge is 0.466 e. The fourth-order valence-corrected chi connectivity index (χ4v) is 2.13. The van der Waals surface area contributed by atoms with Gasteiger partial charge in [0.1, 0.15) is 6.61 Å². The first-order valence-corrected chi connectivity index (χ1v) is 11.8. The highest BCUT2D eigenvalue weighted by molar-refractivity contribution is 5.86. The summed E-state index contributed by atoms with van der Waals surface area (Å²) < 4.78 is 13.6. The van der Waals surface area contributed by atoms with Crippen LogP contribution in [0.3, 0.4) is 0 Å². The molecule has 1 unspecified atom stereocenters. The average molecular weight is 505 g/mol. The standard InChI is InChI=1S/C11H20O2.C8H8.C5H8O3.C5H8O2/c1-4-7-8-10(5-2)9-13-11(12)6-3;1-2-8-6-4-3-5-7-8;1-2-5(7)8-4-3-6;1-4(2)5(6)7-3/h6,10H,3-5,7-9H2,1-2H3;2-7H,1H2;2,6H,1,3-4H2;1H2,2-3H3. The van der Waals surface area contributed by atoms with Crippen molar-refractivity contribution in [3.63, 3.8) is 0 Å². The number of benzene rings is 1. The van der Waals surface area contributed by atoms with E-state index in [2.05, 4.69) is 49.6 Å². The van der Waals surface area contributed by atoms with Crippen LogP contribution in [0.1, 0.15) is 52.0 Å². The number of esters is 3. The number of carbonyl (C=O) groups excluding carboxylic acids is 3. The number of methoxy groups -OCH3 is 1. The summed E-state index contributed by atoms with van der Waals surface area (Å²) in [7, 11) is 1.33. The first-order valence-electron chi connectivity index (χ1n) is 11.8. The second-order valence-electron chi connectivity index (χ2n) is 7.23. The summed E-state index contributed by atoms with van der Waals surface area (Å²) in [5.74, 6) is -0.641. The lowest BCUT2D eigenvalue weighted by Crippen LogP contribution is -2.12. The molecule has 0 fully saturated rings. The summed E-state index contributed by atoms with van der Waals surface area (Å²) in [5, 5.41) is 8.10. The molecular weight excluding hydrogens is 460 g/mol. The molecule has 0 saturated heterocycles. The van der Waals surface area contributed by atoms with Crippen molar-refractivity contribution < 1.29 is 33.7 Å². The van der Waals surface area contributed by atoms with Crippen LogP contribution in [0.4, 0.5) is 0 Å². The zero-order chi connectivity index (χ0) is 28.2. The lowest BCUT2D eigenvalue weighted by atomic mass is 10.0. The molecule has 36 heavy (non-hydrogen) atoms. The second kappa shape index (κ2) is 27.8. The van der Waals surface area contributed by atoms with Crippen molar-refractivity contribution in [3.8, 4) is 0 Å². The summed E-state index contributed by atoms with van der Waals surface area (Å²) in [6.45, 7) is 19.8. The predicted octanol–water partition coefficient (Wildman–Crippen LogP) is 5.71. The number of rotatable bonds is 12. The Kier molecular flexibility index (Phi) is 28.6. The molecule has 0 bridgehead atoms. The predicted molar refractivity (Wildman–Crippen MR) is 146 cm³/mol. The number of aliphatic hydroxyl groups excluding tert-OH is 1. The van der Waals surface area contributed by atoms with Gasteiger partial charge in [0, 0.05) is 17.7 Å². The molecule has 7 heteroatoms. The van der Waals surface area contributed by atoms with Gasteiger partial charge in [0.05, 0.1) is 20.3 Å². The number of carbonyl (C=O) groups is 3. The van der Waals surface area contributed by atoms with Crippen molar-refractivity contribution in [2.45, 2.75) is 46.5 Å². The monoisotopic (exact) mass is 504 g/mol. The maximum atomic E-state index is 10.8. The van der Waals surface area contributed by atoms with Crippen LogP contribution in [-0.4, -0.2) is 49.9 Å². The molecule has 0 aromatic heterocycles. The third kappa shape index (κ3) is 26.8. The Labute approximate surface area is 217 Å². The van der Waals surface area contributed by atoms with Crippen LogP contribution in [0.15, 0.2) is 74.4 Å². The highest BCUT2D eigenvalue weighted by Gasteiger charge is 2.07. The van der Waals surface area contributed by atoms with Gasteiger partial charge in [-0.05, 0) is 24.8 Å². The summed E-state index contributed by atoms with van der Waals surface area (Å²) >= 11 is 0. The Hall–Kier alpha value is -3.45. The van der Waals surface area contributed by atoms with E-state index in [9.17, 15) is 14.4 Å². The van der Waals surface area contributed by atoms with Crippen LogP contribution in [0, 0.1) is 5.92 Å². The van der Waals surface area contributed by atoms with E-state index in [1.54, 1.807) is 6.92 Å². The van der Waals surface area contributed by atoms with Crippen molar-refractivity contribution in [1.82, 2.24) is 0 Å². The molecule has 1 N–H and O–H groups in total. The van der Waals surface area contributed by atoms with Gasteiger partial charge in [-0.3, -0.25) is 0 Å². The quantitative estimate of drug-likeness (QED) is 0.221. The molecule has 1 aromatic carbocycles. The van der Waals surface area contributed by atoms with Gasteiger partial charge in [0.2, 0.25) is 0 Å². The first-order chi connectivity index (χ1) is 17.2. The normalized spacial score (nSPS) is 9.58. The third-order valence-electron chi connectivity index (χ3n) is 4.24. The number of hydrogen-bond acceptors (Lipinski definition) is 7. The maximum absolute atomic E-state index is 10.8. The van der Waals surface area contributed by atoms with Gasteiger partial charge >= 0.3 is 17.9 Å². The Balaban J connectivity index is -0.000000417. The van der Waals surface area contributed by atoms with Gasteiger partial charge in [0.25, 0.3) is 0 Å². The van der Waals surface area contributed by atoms with E-state index in [0.717, 1.165) is 18.9 Å². The topological polar surface area (TPSA) is 99.1 Å². The minimum atomic E-state index is -0.501. The summed E-state index contributed by atoms with van der Waals surface area (Å²) in [6, 6.07) is 10.0. The Morgan fingerprint density at radius 2 is 1.56 bits per heavy atom. The van der Waals surface area contributed by atoms with E-state index in [1.807, 2.05) is 36.4 Å². The summed E-state index contributed by atoms with van der Waals surface area (Å²) in [5.41, 5.74) is 1.61. The van der Waals surface area contributed by atoms with Crippen molar-refractivity contribution >= 4 is 24.0 Å². The van der Waals surface area contributed by atoms with Gasteiger partial charge in [0.15, 0.2) is 0 Å². The SMILES string of the molecule is C=C(C)C(=O)OC.C=CC(=O)OCC(CC)CCCC.C=CC(=O)OCCO.C=Cc1ccccc1. The summed E-state index contributed by atoms with van der Waals surface area (Å²) in [4.78, 5) is 31.1. The van der Waals surface area contributed by atoms with Crippen LogP contribution in [0.25, 0.3) is 6.08 Å². The molecule has 0 aliphatic carbocycles. The van der Waals surface area contributed by atoms with E-state index in [1.165, 1.54) is 31.6 Å². The van der Waals surface area contributed by atoms with Gasteiger partial charge in [-0.25, -0.2) is 14.4 Å². The third-order valence-corrected chi connectivity index (χ3v) is 4.24. The smallest absolute Gasteiger partial charge is 0.332 e. The van der Waals surface area contributed by atoms with E-state index >= 15 is 0 Å². The molecule has 1 rings (SSSR count). The first kappa shape index (κ1) is 37.1. The second-order valence-corrected chi connectivity index (χ2v) is 7.23. The van der Waals surface area contributed by atoms with Crippen LogP contribution in [0.5, 0.6) is 0 Å². The highest BCUT2D eigenvalue weighted by Crippen LogP contribution is 2.12. The summed E-state index contributed by atoms with van der Waals surface area (Å²) in [6.07, 6.45) is 8.74. The fourth-order valence-electron chi connectivity index (χ4n) is 2.13. The lowest BCUT2D eigenvalue weighted by molar-refractivity contribution is -0.139. The van der Waals surface area contributed by atoms with Crippen molar-refractivity contribution in [3.05, 3.63) is 79.9 Å². The van der Waals surface area contributed by atoms with Gasteiger partial charge in [-0.1, -0.05) is 95.8 Å². The van der Waals surface area contributed by atoms with E-state index in [4.69, 9.17) is 9.84 Å². The molecule has 202 valence electrons. The van der Waals surface area contributed by atoms with Gasteiger partial charge in [-0.2, -0.15) is 0 Å². The molecule has 0 heterocycles. The van der Waals surface area contributed by atoms with Crippen LogP contribution >= 0.6 is 0 Å². The molecular formula is C29H44O7.